The number of benzene rings is 3. The molecule has 0 bridgehead atoms. The second-order valence-electron chi connectivity index (χ2n) is 6.56. The molecule has 29 heavy (non-hydrogen) atoms. The third-order valence-electron chi connectivity index (χ3n) is 4.79. The van der Waals surface area contributed by atoms with Crippen LogP contribution < -0.4 is 5.32 Å². The van der Waals surface area contributed by atoms with Gasteiger partial charge in [-0.1, -0.05) is 42.5 Å². The van der Waals surface area contributed by atoms with Crippen LogP contribution in [0.5, 0.6) is 0 Å². The molecule has 0 unspecified atom stereocenters. The van der Waals surface area contributed by atoms with Crippen LogP contribution in [0.1, 0.15) is 5.56 Å². The van der Waals surface area contributed by atoms with Crippen LogP contribution in [0.15, 0.2) is 66.7 Å². The monoisotopic (exact) mass is 387 g/mol. The molecule has 0 saturated carbocycles. The van der Waals surface area contributed by atoms with Crippen LogP contribution in [0.3, 0.4) is 0 Å². The standard InChI is InChI=1S/C22H15F2N5/c23-12-13-6-1-2-7-14(13)20-25-18-11-4-3-8-15(18)21(26-20)27-22-16-9-5-10-17(24)19(16)28-29-22/h1-11H,12H2,(H2,25,26,27,28,29). The Morgan fingerprint density at radius 1 is 0.828 bits per heavy atom. The van der Waals surface area contributed by atoms with Crippen molar-refractivity contribution in [1.82, 2.24) is 20.2 Å². The zero-order valence-corrected chi connectivity index (χ0v) is 15.2. The number of alkyl halides is 1. The Hall–Kier alpha value is -3.87. The maximum Gasteiger partial charge on any atom is 0.162 e. The average Bonchev–Trinajstić information content (AvgIpc) is 3.18. The van der Waals surface area contributed by atoms with Crippen molar-refractivity contribution in [1.29, 1.82) is 0 Å². The Morgan fingerprint density at radius 3 is 2.52 bits per heavy atom. The molecule has 2 heterocycles. The molecular weight excluding hydrogens is 372 g/mol. The molecule has 0 aliphatic heterocycles. The quantitative estimate of drug-likeness (QED) is 0.426. The number of H-pyrrole nitrogens is 1. The molecular formula is C22H15F2N5. The van der Waals surface area contributed by atoms with Crippen molar-refractivity contribution < 1.29 is 8.78 Å². The van der Waals surface area contributed by atoms with Gasteiger partial charge in [0.15, 0.2) is 11.6 Å². The van der Waals surface area contributed by atoms with Gasteiger partial charge in [0.2, 0.25) is 0 Å². The molecule has 3 aromatic carbocycles. The average molecular weight is 387 g/mol. The maximum atomic E-state index is 14.0. The van der Waals surface area contributed by atoms with E-state index in [1.165, 1.54) is 6.07 Å². The SMILES string of the molecule is FCc1ccccc1-c1nc(Nc2n[nH]c3c(F)cccc23)c2ccccc2n1. The highest BCUT2D eigenvalue weighted by atomic mass is 19.1. The van der Waals surface area contributed by atoms with Crippen molar-refractivity contribution in [2.75, 3.05) is 5.32 Å². The fraction of sp³-hybridized carbons (Fsp3) is 0.0455. The minimum absolute atomic E-state index is 0.316. The van der Waals surface area contributed by atoms with Gasteiger partial charge in [-0.2, -0.15) is 5.10 Å². The molecule has 5 nitrogen and oxygen atoms in total. The lowest BCUT2D eigenvalue weighted by Gasteiger charge is -2.11. The first-order valence-corrected chi connectivity index (χ1v) is 9.05. The summed E-state index contributed by atoms with van der Waals surface area (Å²) in [4.78, 5) is 9.26. The zero-order valence-electron chi connectivity index (χ0n) is 15.2. The van der Waals surface area contributed by atoms with Gasteiger partial charge in [0, 0.05) is 16.3 Å². The molecule has 0 radical (unpaired) electrons. The molecule has 0 saturated heterocycles. The molecule has 0 fully saturated rings. The normalized spacial score (nSPS) is 11.2. The third-order valence-corrected chi connectivity index (χ3v) is 4.79. The summed E-state index contributed by atoms with van der Waals surface area (Å²) in [6, 6.07) is 19.4. The molecule has 0 spiro atoms. The molecule has 142 valence electrons. The Morgan fingerprint density at radius 2 is 1.62 bits per heavy atom. The van der Waals surface area contributed by atoms with Gasteiger partial charge in [-0.05, 0) is 29.8 Å². The van der Waals surface area contributed by atoms with E-state index in [1.807, 2.05) is 30.3 Å². The van der Waals surface area contributed by atoms with Gasteiger partial charge in [-0.25, -0.2) is 18.7 Å². The number of aromatic nitrogens is 4. The largest absolute Gasteiger partial charge is 0.322 e. The molecule has 2 aromatic heterocycles. The summed E-state index contributed by atoms with van der Waals surface area (Å²) in [5.41, 5.74) is 2.17. The Labute approximate surface area is 164 Å². The maximum absolute atomic E-state index is 14.0. The first-order valence-electron chi connectivity index (χ1n) is 9.05. The van der Waals surface area contributed by atoms with Crippen molar-refractivity contribution in [3.63, 3.8) is 0 Å². The van der Waals surface area contributed by atoms with Gasteiger partial charge >= 0.3 is 0 Å². The number of hydrogen-bond donors (Lipinski definition) is 2. The second-order valence-corrected chi connectivity index (χ2v) is 6.56. The smallest absolute Gasteiger partial charge is 0.162 e. The fourth-order valence-electron chi connectivity index (χ4n) is 3.36. The molecule has 2 N–H and O–H groups in total. The molecule has 7 heteroatoms. The minimum atomic E-state index is -0.613. The van der Waals surface area contributed by atoms with Gasteiger partial charge in [0.25, 0.3) is 0 Å². The number of nitrogens with zero attached hydrogens (tertiary/aromatic N) is 3. The first-order chi connectivity index (χ1) is 14.2. The van der Waals surface area contributed by atoms with Crippen LogP contribution in [-0.2, 0) is 6.67 Å². The number of anilines is 2. The van der Waals surface area contributed by atoms with Crippen LogP contribution in [0, 0.1) is 5.82 Å². The third kappa shape index (κ3) is 2.97. The number of hydrogen-bond acceptors (Lipinski definition) is 4. The van der Waals surface area contributed by atoms with Crippen LogP contribution in [-0.4, -0.2) is 20.2 Å². The second kappa shape index (κ2) is 6.94. The summed E-state index contributed by atoms with van der Waals surface area (Å²) in [6.07, 6.45) is 0. The van der Waals surface area contributed by atoms with Gasteiger partial charge in [-0.15, -0.1) is 0 Å². The van der Waals surface area contributed by atoms with Gasteiger partial charge < -0.3 is 5.32 Å². The molecule has 0 aliphatic carbocycles. The topological polar surface area (TPSA) is 66.5 Å². The van der Waals surface area contributed by atoms with Gasteiger partial charge in [0.05, 0.1) is 5.52 Å². The number of halogens is 2. The van der Waals surface area contributed by atoms with E-state index in [4.69, 9.17) is 0 Å². The molecule has 0 amide bonds. The van der Waals surface area contributed by atoms with Crippen molar-refractivity contribution in [3.05, 3.63) is 78.1 Å². The fourth-order valence-corrected chi connectivity index (χ4v) is 3.36. The summed E-state index contributed by atoms with van der Waals surface area (Å²) in [6.45, 7) is -0.613. The van der Waals surface area contributed by atoms with Crippen molar-refractivity contribution >= 4 is 33.4 Å². The van der Waals surface area contributed by atoms with Crippen LogP contribution in [0.4, 0.5) is 20.4 Å². The van der Waals surface area contributed by atoms with Crippen molar-refractivity contribution in [2.24, 2.45) is 0 Å². The molecule has 5 rings (SSSR count). The summed E-state index contributed by atoms with van der Waals surface area (Å²) in [5, 5.41) is 11.5. The highest BCUT2D eigenvalue weighted by Crippen LogP contribution is 2.31. The lowest BCUT2D eigenvalue weighted by atomic mass is 10.1. The van der Waals surface area contributed by atoms with E-state index in [0.29, 0.717) is 45.0 Å². The molecule has 0 atom stereocenters. The number of para-hydroxylation sites is 2. The van der Waals surface area contributed by atoms with E-state index in [-0.39, 0.29) is 5.82 Å². The number of aromatic amines is 1. The number of nitrogens with one attached hydrogen (secondary N) is 2. The van der Waals surface area contributed by atoms with Crippen molar-refractivity contribution in [2.45, 2.75) is 6.67 Å². The molecule has 0 aliphatic rings. The Kier molecular flexibility index (Phi) is 4.13. The highest BCUT2D eigenvalue weighted by molar-refractivity contribution is 5.97. The van der Waals surface area contributed by atoms with E-state index in [1.54, 1.807) is 30.3 Å². The van der Waals surface area contributed by atoms with Crippen molar-refractivity contribution in [3.8, 4) is 11.4 Å². The van der Waals surface area contributed by atoms with Gasteiger partial charge in [0.1, 0.15) is 23.8 Å². The predicted molar refractivity (Wildman–Crippen MR) is 109 cm³/mol. The van der Waals surface area contributed by atoms with E-state index < -0.39 is 6.67 Å². The number of rotatable bonds is 4. The van der Waals surface area contributed by atoms with E-state index in [2.05, 4.69) is 25.5 Å². The summed E-state index contributed by atoms with van der Waals surface area (Å²) >= 11 is 0. The summed E-state index contributed by atoms with van der Waals surface area (Å²) in [7, 11) is 0. The lowest BCUT2D eigenvalue weighted by Crippen LogP contribution is -2.01. The highest BCUT2D eigenvalue weighted by Gasteiger charge is 2.15. The van der Waals surface area contributed by atoms with Gasteiger partial charge in [-0.3, -0.25) is 5.10 Å². The summed E-state index contributed by atoms with van der Waals surface area (Å²) in [5.74, 6) is 0.989. The van der Waals surface area contributed by atoms with E-state index in [0.717, 1.165) is 5.39 Å². The summed E-state index contributed by atoms with van der Waals surface area (Å²) < 4.78 is 27.5. The zero-order chi connectivity index (χ0) is 19.8. The first kappa shape index (κ1) is 17.2. The molecule has 5 aromatic rings. The van der Waals surface area contributed by atoms with Crippen LogP contribution >= 0.6 is 0 Å². The minimum Gasteiger partial charge on any atom is -0.322 e. The predicted octanol–water partition coefficient (Wildman–Crippen LogP) is 5.53. The van der Waals surface area contributed by atoms with Crippen LogP contribution in [0.2, 0.25) is 0 Å². The number of fused-ring (bicyclic) bond motifs is 2. The Bertz CT molecular complexity index is 1350. The van der Waals surface area contributed by atoms with E-state index in [9.17, 15) is 8.78 Å². The Balaban J connectivity index is 1.69. The van der Waals surface area contributed by atoms with E-state index >= 15 is 0 Å². The lowest BCUT2D eigenvalue weighted by molar-refractivity contribution is 0.486. The van der Waals surface area contributed by atoms with Crippen LogP contribution in [0.25, 0.3) is 33.2 Å².